The minimum atomic E-state index is 0. The molecule has 0 amide bonds. The maximum atomic E-state index is 4.27. The lowest BCUT2D eigenvalue weighted by molar-refractivity contribution is 0.111. The average Bonchev–Trinajstić information content (AvgIpc) is 2.57. The summed E-state index contributed by atoms with van der Waals surface area (Å²) < 4.78 is 2.28. The fraction of sp³-hybridized carbons (Fsp3) is 0.800. The minimum Gasteiger partial charge on any atom is -0.314 e. The summed E-state index contributed by atoms with van der Waals surface area (Å²) in [5.41, 5.74) is 0. The van der Waals surface area contributed by atoms with Crippen LogP contribution >= 0.6 is 12.4 Å². The molecule has 5 nitrogen and oxygen atoms in total. The summed E-state index contributed by atoms with van der Waals surface area (Å²) in [6.07, 6.45) is 0.984. The van der Waals surface area contributed by atoms with Gasteiger partial charge >= 0.3 is 0 Å². The van der Waals surface area contributed by atoms with Crippen molar-refractivity contribution < 1.29 is 0 Å². The van der Waals surface area contributed by atoms with E-state index in [-0.39, 0.29) is 12.4 Å². The van der Waals surface area contributed by atoms with Gasteiger partial charge in [0.15, 0.2) is 0 Å². The van der Waals surface area contributed by atoms with Crippen LogP contribution in [0.2, 0.25) is 0 Å². The van der Waals surface area contributed by atoms with E-state index in [1.165, 1.54) is 0 Å². The lowest BCUT2D eigenvalue weighted by Crippen LogP contribution is -2.58. The Kier molecular flexibility index (Phi) is 3.47. The van der Waals surface area contributed by atoms with E-state index in [4.69, 9.17) is 0 Å². The third-order valence-corrected chi connectivity index (χ3v) is 3.45. The van der Waals surface area contributed by atoms with Gasteiger partial charge in [0, 0.05) is 38.6 Å². The second kappa shape index (κ2) is 4.69. The second-order valence-electron chi connectivity index (χ2n) is 4.32. The monoisotopic (exact) mass is 243 g/mol. The normalized spacial score (nSPS) is 21.1. The summed E-state index contributed by atoms with van der Waals surface area (Å²) >= 11 is 0. The molecule has 1 saturated heterocycles. The molecule has 0 bridgehead atoms. The maximum absolute atomic E-state index is 4.27. The lowest BCUT2D eigenvalue weighted by Gasteiger charge is -2.40. The zero-order chi connectivity index (χ0) is 10.3. The first-order chi connectivity index (χ1) is 7.38. The van der Waals surface area contributed by atoms with Crippen LogP contribution in [0.15, 0.2) is 0 Å². The van der Waals surface area contributed by atoms with Gasteiger partial charge < -0.3 is 9.88 Å². The molecule has 3 rings (SSSR count). The zero-order valence-corrected chi connectivity index (χ0v) is 10.3. The van der Waals surface area contributed by atoms with Crippen molar-refractivity contribution in [3.8, 4) is 0 Å². The van der Waals surface area contributed by atoms with Gasteiger partial charge in [-0.1, -0.05) is 6.92 Å². The van der Waals surface area contributed by atoms with Gasteiger partial charge in [-0.2, -0.15) is 0 Å². The second-order valence-corrected chi connectivity index (χ2v) is 4.32. The summed E-state index contributed by atoms with van der Waals surface area (Å²) in [6.45, 7) is 7.58. The molecule has 0 aliphatic carbocycles. The molecule has 0 unspecified atom stereocenters. The Bertz CT molecular complexity index is 360. The molecule has 0 atom stereocenters. The standard InChI is InChI=1S/C10H17N5.ClH/c1-2-9-12-13-10-7-14(3-4-15(9)10)8-5-11-6-8;/h8,11H,2-7H2,1H3;1H. The molecule has 1 aromatic rings. The highest BCUT2D eigenvalue weighted by atomic mass is 35.5. The fourth-order valence-corrected chi connectivity index (χ4v) is 2.34. The SMILES string of the molecule is CCc1nnc2n1CCN(C1CNC1)C2.Cl. The van der Waals surface area contributed by atoms with E-state index in [2.05, 4.69) is 31.9 Å². The molecule has 2 aliphatic heterocycles. The van der Waals surface area contributed by atoms with Crippen LogP contribution < -0.4 is 5.32 Å². The third-order valence-electron chi connectivity index (χ3n) is 3.45. The molecular weight excluding hydrogens is 226 g/mol. The van der Waals surface area contributed by atoms with E-state index < -0.39 is 0 Å². The predicted molar refractivity (Wildman–Crippen MR) is 63.7 cm³/mol. The highest BCUT2D eigenvalue weighted by Crippen LogP contribution is 2.16. The Morgan fingerprint density at radius 3 is 2.75 bits per heavy atom. The van der Waals surface area contributed by atoms with Crippen LogP contribution in [-0.2, 0) is 19.5 Å². The Hall–Kier alpha value is -0.650. The van der Waals surface area contributed by atoms with E-state index in [9.17, 15) is 0 Å². The molecule has 0 radical (unpaired) electrons. The molecule has 3 heterocycles. The number of hydrogen-bond donors (Lipinski definition) is 1. The van der Waals surface area contributed by atoms with E-state index in [0.29, 0.717) is 0 Å². The first kappa shape index (κ1) is 11.8. The molecule has 0 aromatic carbocycles. The smallest absolute Gasteiger partial charge is 0.147 e. The first-order valence-electron chi connectivity index (χ1n) is 5.74. The lowest BCUT2D eigenvalue weighted by atomic mass is 10.1. The molecule has 0 spiro atoms. The Morgan fingerprint density at radius 1 is 1.31 bits per heavy atom. The predicted octanol–water partition coefficient (Wildman–Crippen LogP) is 0.0497. The highest BCUT2D eigenvalue weighted by molar-refractivity contribution is 5.85. The highest BCUT2D eigenvalue weighted by Gasteiger charge is 2.29. The number of fused-ring (bicyclic) bond motifs is 1. The third kappa shape index (κ3) is 1.83. The summed E-state index contributed by atoms with van der Waals surface area (Å²) in [7, 11) is 0. The zero-order valence-electron chi connectivity index (χ0n) is 9.52. The van der Waals surface area contributed by atoms with Gasteiger partial charge in [0.05, 0.1) is 6.54 Å². The molecule has 1 N–H and O–H groups in total. The largest absolute Gasteiger partial charge is 0.314 e. The summed E-state index contributed by atoms with van der Waals surface area (Å²) in [5, 5.41) is 11.8. The molecule has 6 heteroatoms. The number of hydrogen-bond acceptors (Lipinski definition) is 4. The Labute approximate surface area is 102 Å². The van der Waals surface area contributed by atoms with Crippen LogP contribution in [0.25, 0.3) is 0 Å². The van der Waals surface area contributed by atoms with Gasteiger partial charge in [-0.15, -0.1) is 22.6 Å². The molecule has 90 valence electrons. The number of nitrogens with zero attached hydrogens (tertiary/aromatic N) is 4. The van der Waals surface area contributed by atoms with Gasteiger partial charge in [-0.25, -0.2) is 0 Å². The number of nitrogens with one attached hydrogen (secondary N) is 1. The van der Waals surface area contributed by atoms with Crippen LogP contribution in [0.3, 0.4) is 0 Å². The number of aryl methyl sites for hydroxylation is 1. The number of halogens is 1. The molecule has 2 aliphatic rings. The van der Waals surface area contributed by atoms with Crippen molar-refractivity contribution in [1.82, 2.24) is 25.0 Å². The van der Waals surface area contributed by atoms with Crippen molar-refractivity contribution >= 4 is 12.4 Å². The van der Waals surface area contributed by atoms with E-state index in [0.717, 1.165) is 56.8 Å². The number of aromatic nitrogens is 3. The number of rotatable bonds is 2. The van der Waals surface area contributed by atoms with Crippen molar-refractivity contribution in [3.63, 3.8) is 0 Å². The maximum Gasteiger partial charge on any atom is 0.147 e. The van der Waals surface area contributed by atoms with Crippen molar-refractivity contribution in [1.29, 1.82) is 0 Å². The van der Waals surface area contributed by atoms with Crippen molar-refractivity contribution in [3.05, 3.63) is 11.6 Å². The van der Waals surface area contributed by atoms with Crippen molar-refractivity contribution in [2.45, 2.75) is 32.5 Å². The first-order valence-corrected chi connectivity index (χ1v) is 5.74. The molecule has 0 saturated carbocycles. The van der Waals surface area contributed by atoms with Gasteiger partial charge in [0.2, 0.25) is 0 Å². The van der Waals surface area contributed by atoms with E-state index in [1.54, 1.807) is 0 Å². The summed E-state index contributed by atoms with van der Waals surface area (Å²) in [4.78, 5) is 2.51. The Morgan fingerprint density at radius 2 is 2.12 bits per heavy atom. The van der Waals surface area contributed by atoms with Crippen molar-refractivity contribution in [2.24, 2.45) is 0 Å². The van der Waals surface area contributed by atoms with E-state index in [1.807, 2.05) is 0 Å². The molecule has 1 aromatic heterocycles. The van der Waals surface area contributed by atoms with E-state index >= 15 is 0 Å². The van der Waals surface area contributed by atoms with Crippen LogP contribution in [0.4, 0.5) is 0 Å². The summed E-state index contributed by atoms with van der Waals surface area (Å²) in [6, 6.07) is 0.723. The topological polar surface area (TPSA) is 46.0 Å². The molecular formula is C10H18ClN5. The van der Waals surface area contributed by atoms with Gasteiger partial charge in [-0.05, 0) is 0 Å². The van der Waals surface area contributed by atoms with Gasteiger partial charge in [0.1, 0.15) is 11.6 Å². The van der Waals surface area contributed by atoms with Gasteiger partial charge in [0.25, 0.3) is 0 Å². The quantitative estimate of drug-likeness (QED) is 0.798. The van der Waals surface area contributed by atoms with Crippen LogP contribution in [0.5, 0.6) is 0 Å². The Balaban J connectivity index is 0.000000963. The molecule has 16 heavy (non-hydrogen) atoms. The van der Waals surface area contributed by atoms with Crippen LogP contribution in [0, 0.1) is 0 Å². The fourth-order valence-electron chi connectivity index (χ4n) is 2.34. The van der Waals surface area contributed by atoms with Crippen LogP contribution in [0.1, 0.15) is 18.6 Å². The van der Waals surface area contributed by atoms with Gasteiger partial charge in [-0.3, -0.25) is 4.90 Å². The molecule has 1 fully saturated rings. The summed E-state index contributed by atoms with van der Waals surface area (Å²) in [5.74, 6) is 2.28. The van der Waals surface area contributed by atoms with Crippen LogP contribution in [-0.4, -0.2) is 45.3 Å². The van der Waals surface area contributed by atoms with Crippen molar-refractivity contribution in [2.75, 3.05) is 19.6 Å². The minimum absolute atomic E-state index is 0. The average molecular weight is 244 g/mol.